The van der Waals surface area contributed by atoms with Gasteiger partial charge in [0.2, 0.25) is 0 Å². The predicted molar refractivity (Wildman–Crippen MR) is 72.8 cm³/mol. The fourth-order valence-corrected chi connectivity index (χ4v) is 2.39. The van der Waals surface area contributed by atoms with E-state index in [4.69, 9.17) is 10.5 Å². The minimum absolute atomic E-state index is 0.0107. The van der Waals surface area contributed by atoms with E-state index in [1.54, 1.807) is 12.3 Å². The van der Waals surface area contributed by atoms with E-state index in [9.17, 15) is 5.11 Å². The zero-order chi connectivity index (χ0) is 13.2. The number of benzene rings is 1. The molecule has 98 valence electrons. The minimum Gasteiger partial charge on any atom is -0.488 e. The summed E-state index contributed by atoms with van der Waals surface area (Å²) >= 11 is 0. The topological polar surface area (TPSA) is 68.4 Å². The third kappa shape index (κ3) is 2.20. The fraction of sp³-hybridized carbons (Fsp3) is 0.267. The molecule has 1 unspecified atom stereocenters. The highest BCUT2D eigenvalue weighted by atomic mass is 16.5. The van der Waals surface area contributed by atoms with Gasteiger partial charge in [0.25, 0.3) is 0 Å². The standard InChI is InChI=1S/C15H16N2O2/c16-8-12-7-11-2-1-3-13(15(11)19-12)14-6-10(9-18)4-5-17-14/h1-6,12,18H,7-9,16H2. The minimum atomic E-state index is 0.0107. The molecule has 2 heterocycles. The molecule has 19 heavy (non-hydrogen) atoms. The van der Waals surface area contributed by atoms with Crippen molar-refractivity contribution in [3.05, 3.63) is 47.7 Å². The Labute approximate surface area is 111 Å². The molecular weight excluding hydrogens is 240 g/mol. The summed E-state index contributed by atoms with van der Waals surface area (Å²) in [6, 6.07) is 9.74. The second-order valence-corrected chi connectivity index (χ2v) is 4.68. The highest BCUT2D eigenvalue weighted by Crippen LogP contribution is 2.37. The van der Waals surface area contributed by atoms with Crippen LogP contribution in [0, 0.1) is 0 Å². The van der Waals surface area contributed by atoms with Crippen LogP contribution in [0.5, 0.6) is 5.75 Å². The first-order valence-electron chi connectivity index (χ1n) is 6.36. The van der Waals surface area contributed by atoms with Gasteiger partial charge in [0, 0.05) is 24.7 Å². The van der Waals surface area contributed by atoms with E-state index in [-0.39, 0.29) is 12.7 Å². The van der Waals surface area contributed by atoms with Crippen LogP contribution in [0.25, 0.3) is 11.3 Å². The van der Waals surface area contributed by atoms with Crippen molar-refractivity contribution in [1.82, 2.24) is 4.98 Å². The van der Waals surface area contributed by atoms with E-state index in [0.717, 1.165) is 29.0 Å². The Kier molecular flexibility index (Phi) is 3.19. The van der Waals surface area contributed by atoms with Crippen LogP contribution in [-0.2, 0) is 13.0 Å². The van der Waals surface area contributed by atoms with Crippen molar-refractivity contribution in [2.45, 2.75) is 19.1 Å². The van der Waals surface area contributed by atoms with E-state index in [1.165, 1.54) is 5.56 Å². The second-order valence-electron chi connectivity index (χ2n) is 4.68. The second kappa shape index (κ2) is 4.99. The Bertz CT molecular complexity index is 598. The van der Waals surface area contributed by atoms with E-state index in [0.29, 0.717) is 6.54 Å². The number of hydrogen-bond donors (Lipinski definition) is 2. The average molecular weight is 256 g/mol. The van der Waals surface area contributed by atoms with Gasteiger partial charge in [-0.1, -0.05) is 12.1 Å². The van der Waals surface area contributed by atoms with Crippen LogP contribution >= 0.6 is 0 Å². The summed E-state index contributed by atoms with van der Waals surface area (Å²) in [5.74, 6) is 0.875. The maximum absolute atomic E-state index is 9.21. The summed E-state index contributed by atoms with van der Waals surface area (Å²) in [5.41, 5.74) is 9.47. The van der Waals surface area contributed by atoms with Gasteiger partial charge in [-0.2, -0.15) is 0 Å². The van der Waals surface area contributed by atoms with Crippen LogP contribution in [0.4, 0.5) is 0 Å². The molecule has 0 fully saturated rings. The molecule has 4 nitrogen and oxygen atoms in total. The van der Waals surface area contributed by atoms with Crippen molar-refractivity contribution in [1.29, 1.82) is 0 Å². The van der Waals surface area contributed by atoms with Crippen LogP contribution in [0.3, 0.4) is 0 Å². The van der Waals surface area contributed by atoms with Crippen molar-refractivity contribution >= 4 is 0 Å². The summed E-state index contributed by atoms with van der Waals surface area (Å²) in [4.78, 5) is 4.36. The van der Waals surface area contributed by atoms with Crippen molar-refractivity contribution in [3.63, 3.8) is 0 Å². The number of aliphatic hydroxyl groups is 1. The molecule has 0 bridgehead atoms. The van der Waals surface area contributed by atoms with Gasteiger partial charge in [-0.25, -0.2) is 0 Å². The van der Waals surface area contributed by atoms with E-state index < -0.39 is 0 Å². The SMILES string of the molecule is NCC1Cc2cccc(-c3cc(CO)ccn3)c2O1. The lowest BCUT2D eigenvalue weighted by Gasteiger charge is -2.10. The third-order valence-corrected chi connectivity index (χ3v) is 3.37. The Hall–Kier alpha value is -1.91. The number of hydrogen-bond acceptors (Lipinski definition) is 4. The normalized spacial score (nSPS) is 17.1. The molecule has 3 N–H and O–H groups in total. The molecule has 4 heteroatoms. The number of ether oxygens (including phenoxy) is 1. The number of rotatable bonds is 3. The molecular formula is C15H16N2O2. The van der Waals surface area contributed by atoms with Gasteiger partial charge >= 0.3 is 0 Å². The number of nitrogens with zero attached hydrogens (tertiary/aromatic N) is 1. The zero-order valence-corrected chi connectivity index (χ0v) is 10.5. The quantitative estimate of drug-likeness (QED) is 0.873. The monoisotopic (exact) mass is 256 g/mol. The van der Waals surface area contributed by atoms with Gasteiger partial charge in [-0.3, -0.25) is 4.98 Å². The van der Waals surface area contributed by atoms with Gasteiger partial charge in [0.15, 0.2) is 0 Å². The van der Waals surface area contributed by atoms with Crippen molar-refractivity contribution in [3.8, 4) is 17.0 Å². The first-order valence-corrected chi connectivity index (χ1v) is 6.36. The molecule has 0 amide bonds. The summed E-state index contributed by atoms with van der Waals surface area (Å²) in [5, 5.41) is 9.21. The molecule has 1 aromatic carbocycles. The highest BCUT2D eigenvalue weighted by molar-refractivity contribution is 5.70. The fourth-order valence-electron chi connectivity index (χ4n) is 2.39. The lowest BCUT2D eigenvalue weighted by molar-refractivity contribution is 0.242. The number of aromatic nitrogens is 1. The number of fused-ring (bicyclic) bond motifs is 1. The highest BCUT2D eigenvalue weighted by Gasteiger charge is 2.24. The maximum atomic E-state index is 9.21. The van der Waals surface area contributed by atoms with Crippen LogP contribution in [0.2, 0.25) is 0 Å². The van der Waals surface area contributed by atoms with E-state index in [1.807, 2.05) is 18.2 Å². The Morgan fingerprint density at radius 3 is 3.05 bits per heavy atom. The number of para-hydroxylation sites is 1. The Morgan fingerprint density at radius 2 is 2.26 bits per heavy atom. The number of aliphatic hydroxyl groups excluding tert-OH is 1. The molecule has 1 atom stereocenters. The molecule has 1 aliphatic rings. The van der Waals surface area contributed by atoms with Crippen molar-refractivity contribution < 1.29 is 9.84 Å². The van der Waals surface area contributed by atoms with Gasteiger partial charge in [0.05, 0.1) is 12.3 Å². The van der Waals surface area contributed by atoms with Gasteiger partial charge in [0.1, 0.15) is 11.9 Å². The molecule has 0 saturated carbocycles. The van der Waals surface area contributed by atoms with Crippen LogP contribution in [0.15, 0.2) is 36.5 Å². The van der Waals surface area contributed by atoms with Crippen LogP contribution < -0.4 is 10.5 Å². The summed E-state index contributed by atoms with van der Waals surface area (Å²) in [6.07, 6.45) is 2.60. The average Bonchev–Trinajstić information content (AvgIpc) is 2.90. The predicted octanol–water partition coefficient (Wildman–Crippen LogP) is 1.50. The molecule has 0 spiro atoms. The molecule has 0 aliphatic carbocycles. The largest absolute Gasteiger partial charge is 0.488 e. The lowest BCUT2D eigenvalue weighted by atomic mass is 10.0. The zero-order valence-electron chi connectivity index (χ0n) is 10.5. The molecule has 2 aromatic rings. The summed E-state index contributed by atoms with van der Waals surface area (Å²) in [7, 11) is 0. The van der Waals surface area contributed by atoms with E-state index in [2.05, 4.69) is 11.1 Å². The van der Waals surface area contributed by atoms with Crippen LogP contribution in [0.1, 0.15) is 11.1 Å². The van der Waals surface area contributed by atoms with Gasteiger partial charge in [-0.05, 0) is 29.3 Å². The molecule has 1 aromatic heterocycles. The van der Waals surface area contributed by atoms with Crippen LogP contribution in [-0.4, -0.2) is 22.7 Å². The maximum Gasteiger partial charge on any atom is 0.132 e. The first-order chi connectivity index (χ1) is 9.31. The first kappa shape index (κ1) is 12.1. The summed E-state index contributed by atoms with van der Waals surface area (Å²) in [6.45, 7) is 0.523. The molecule has 0 radical (unpaired) electrons. The van der Waals surface area contributed by atoms with Gasteiger partial charge < -0.3 is 15.6 Å². The summed E-state index contributed by atoms with van der Waals surface area (Å²) < 4.78 is 5.89. The molecule has 1 aliphatic heterocycles. The number of pyridine rings is 1. The third-order valence-electron chi connectivity index (χ3n) is 3.37. The van der Waals surface area contributed by atoms with Crippen molar-refractivity contribution in [2.75, 3.05) is 6.54 Å². The van der Waals surface area contributed by atoms with E-state index >= 15 is 0 Å². The smallest absolute Gasteiger partial charge is 0.132 e. The molecule has 0 saturated heterocycles. The van der Waals surface area contributed by atoms with Gasteiger partial charge in [-0.15, -0.1) is 0 Å². The molecule has 3 rings (SSSR count). The lowest BCUT2D eigenvalue weighted by Crippen LogP contribution is -2.24. The Balaban J connectivity index is 2.05. The Morgan fingerprint density at radius 1 is 1.37 bits per heavy atom. The van der Waals surface area contributed by atoms with Crippen molar-refractivity contribution in [2.24, 2.45) is 5.73 Å². The number of nitrogens with two attached hydrogens (primary N) is 1.